The van der Waals surface area contributed by atoms with Gasteiger partial charge in [-0.2, -0.15) is 11.8 Å². The van der Waals surface area contributed by atoms with Crippen LogP contribution in [0.2, 0.25) is 0 Å². The summed E-state index contributed by atoms with van der Waals surface area (Å²) in [6.45, 7) is 0. The van der Waals surface area contributed by atoms with Crippen LogP contribution in [0.1, 0.15) is 6.42 Å². The first-order valence-electron chi connectivity index (χ1n) is 2.89. The number of hydrogen-bond acceptors (Lipinski definition) is 4. The van der Waals surface area contributed by atoms with Gasteiger partial charge in [0.25, 0.3) is 0 Å². The van der Waals surface area contributed by atoms with Crippen LogP contribution in [-0.2, 0) is 10.3 Å². The fraction of sp³-hybridized carbons (Fsp3) is 1.00. The Kier molecular flexibility index (Phi) is 5.62. The molecule has 1 aliphatic rings. The number of rotatable bonds is 2. The van der Waals surface area contributed by atoms with Gasteiger partial charge in [-0.25, -0.2) is 13.1 Å². The first-order chi connectivity index (χ1) is 4.58. The van der Waals surface area contributed by atoms with Gasteiger partial charge >= 0.3 is 29.6 Å². The summed E-state index contributed by atoms with van der Waals surface area (Å²) in [6, 6.07) is -0.132. The molecule has 1 unspecified atom stereocenters. The second-order valence-corrected chi connectivity index (χ2v) is 4.43. The van der Waals surface area contributed by atoms with Crippen molar-refractivity contribution in [2.75, 3.05) is 11.5 Å². The molecule has 0 saturated carbocycles. The molecular formula is C4H8NNaO3S2. The molecule has 7 heteroatoms. The van der Waals surface area contributed by atoms with E-state index in [0.717, 1.165) is 17.9 Å². The maximum atomic E-state index is 10.1. The van der Waals surface area contributed by atoms with Gasteiger partial charge in [-0.1, -0.05) is 0 Å². The molecule has 0 aromatic rings. The molecule has 1 aliphatic heterocycles. The molecule has 1 saturated heterocycles. The Morgan fingerprint density at radius 2 is 2.18 bits per heavy atom. The Hall–Kier alpha value is 1.22. The predicted octanol–water partition coefficient (Wildman–Crippen LogP) is -3.45. The zero-order valence-corrected chi connectivity index (χ0v) is 9.87. The Labute approximate surface area is 92.7 Å². The van der Waals surface area contributed by atoms with Gasteiger partial charge in [-0.05, 0) is 12.2 Å². The molecular weight excluding hydrogens is 197 g/mol. The van der Waals surface area contributed by atoms with Crippen LogP contribution in [0.25, 0.3) is 0 Å². The third kappa shape index (κ3) is 5.46. The van der Waals surface area contributed by atoms with E-state index in [-0.39, 0.29) is 35.6 Å². The van der Waals surface area contributed by atoms with Crippen LogP contribution in [0.5, 0.6) is 0 Å². The molecule has 1 atom stereocenters. The summed E-state index contributed by atoms with van der Waals surface area (Å²) in [5.74, 6) is 1.66. The fourth-order valence-electron chi connectivity index (χ4n) is 0.832. The molecule has 1 N–H and O–H groups in total. The van der Waals surface area contributed by atoms with Crippen LogP contribution in [-0.4, -0.2) is 30.5 Å². The van der Waals surface area contributed by atoms with Gasteiger partial charge in [0.05, 0.1) is 0 Å². The molecule has 0 amide bonds. The third-order valence-electron chi connectivity index (χ3n) is 1.24. The van der Waals surface area contributed by atoms with Crippen molar-refractivity contribution in [2.45, 2.75) is 12.5 Å². The molecule has 0 aromatic heterocycles. The first-order valence-corrected chi connectivity index (χ1v) is 5.45. The summed E-state index contributed by atoms with van der Waals surface area (Å²) in [5, 5.41) is 0. The average molecular weight is 205 g/mol. The number of nitrogens with one attached hydrogen (secondary N) is 1. The minimum absolute atomic E-state index is 0. The van der Waals surface area contributed by atoms with Crippen molar-refractivity contribution in [1.29, 1.82) is 0 Å². The molecule has 0 bridgehead atoms. The van der Waals surface area contributed by atoms with E-state index in [0.29, 0.717) is 0 Å². The molecule has 0 aliphatic carbocycles. The normalized spacial score (nSPS) is 24.6. The molecule has 60 valence electrons. The second-order valence-electron chi connectivity index (χ2n) is 2.13. The van der Waals surface area contributed by atoms with Gasteiger partial charge in [0, 0.05) is 11.8 Å². The first kappa shape index (κ1) is 12.2. The summed E-state index contributed by atoms with van der Waals surface area (Å²) in [6.07, 6.45) is 0.770. The summed E-state index contributed by atoms with van der Waals surface area (Å²) in [5.41, 5.74) is 0. The summed E-state index contributed by atoms with van der Waals surface area (Å²) in [7, 11) is -4.22. The van der Waals surface area contributed by atoms with Crippen LogP contribution in [0, 0.1) is 0 Å². The van der Waals surface area contributed by atoms with Crippen LogP contribution in [0.3, 0.4) is 0 Å². The predicted molar refractivity (Wildman–Crippen MR) is 38.6 cm³/mol. The van der Waals surface area contributed by atoms with Gasteiger partial charge in [-0.3, -0.25) is 0 Å². The number of hydrogen-bond donors (Lipinski definition) is 1. The smallest absolute Gasteiger partial charge is 0.735 e. The maximum absolute atomic E-state index is 10.1. The summed E-state index contributed by atoms with van der Waals surface area (Å²) in [4.78, 5) is 0. The molecule has 1 fully saturated rings. The largest absolute Gasteiger partial charge is 1.00 e. The Balaban J connectivity index is 0.000001000. The van der Waals surface area contributed by atoms with E-state index in [9.17, 15) is 13.0 Å². The van der Waals surface area contributed by atoms with Crippen molar-refractivity contribution in [3.8, 4) is 0 Å². The van der Waals surface area contributed by atoms with E-state index < -0.39 is 10.3 Å². The third-order valence-corrected chi connectivity index (χ3v) is 3.03. The van der Waals surface area contributed by atoms with Crippen LogP contribution in [0.4, 0.5) is 0 Å². The standard InChI is InChI=1S/C4H9NO3S2.Na/c6-10(7,8)5-4-1-2-9-3-4;/h4-5H,1-3H2,(H,6,7,8);/q;+1/p-1. The van der Waals surface area contributed by atoms with E-state index in [1.165, 1.54) is 0 Å². The van der Waals surface area contributed by atoms with Crippen molar-refractivity contribution in [1.82, 2.24) is 4.72 Å². The maximum Gasteiger partial charge on any atom is 1.00 e. The zero-order chi connectivity index (χ0) is 7.61. The fourth-order valence-corrected chi connectivity index (χ4v) is 2.70. The molecule has 4 nitrogen and oxygen atoms in total. The van der Waals surface area contributed by atoms with Gasteiger partial charge in [0.2, 0.25) is 0 Å². The van der Waals surface area contributed by atoms with E-state index in [1.54, 1.807) is 11.8 Å². The van der Waals surface area contributed by atoms with E-state index in [2.05, 4.69) is 0 Å². The van der Waals surface area contributed by atoms with E-state index in [4.69, 9.17) is 0 Å². The molecule has 0 spiro atoms. The molecule has 1 heterocycles. The van der Waals surface area contributed by atoms with Crippen molar-refractivity contribution in [3.63, 3.8) is 0 Å². The van der Waals surface area contributed by atoms with E-state index in [1.807, 2.05) is 4.72 Å². The van der Waals surface area contributed by atoms with E-state index >= 15 is 0 Å². The van der Waals surface area contributed by atoms with Gasteiger partial charge in [0.15, 0.2) is 10.3 Å². The van der Waals surface area contributed by atoms with Crippen molar-refractivity contribution in [3.05, 3.63) is 0 Å². The van der Waals surface area contributed by atoms with Crippen molar-refractivity contribution >= 4 is 22.1 Å². The number of thioether (sulfide) groups is 1. The van der Waals surface area contributed by atoms with Gasteiger partial charge in [0.1, 0.15) is 0 Å². The summed E-state index contributed by atoms with van der Waals surface area (Å²) >= 11 is 1.66. The van der Waals surface area contributed by atoms with Crippen LogP contribution < -0.4 is 34.3 Å². The second kappa shape index (κ2) is 5.06. The van der Waals surface area contributed by atoms with Crippen LogP contribution >= 0.6 is 11.8 Å². The minimum atomic E-state index is -4.22. The monoisotopic (exact) mass is 205 g/mol. The molecule has 0 aromatic carbocycles. The minimum Gasteiger partial charge on any atom is -0.735 e. The Bertz CT molecular complexity index is 199. The molecule has 0 radical (unpaired) electrons. The van der Waals surface area contributed by atoms with Gasteiger partial charge < -0.3 is 4.55 Å². The van der Waals surface area contributed by atoms with Crippen molar-refractivity contribution < 1.29 is 42.5 Å². The van der Waals surface area contributed by atoms with Crippen LogP contribution in [0.15, 0.2) is 0 Å². The van der Waals surface area contributed by atoms with Crippen molar-refractivity contribution in [2.24, 2.45) is 0 Å². The molecule has 11 heavy (non-hydrogen) atoms. The Morgan fingerprint density at radius 1 is 1.55 bits per heavy atom. The zero-order valence-electron chi connectivity index (χ0n) is 6.24. The quantitative estimate of drug-likeness (QED) is 0.376. The Morgan fingerprint density at radius 3 is 2.55 bits per heavy atom. The van der Waals surface area contributed by atoms with Gasteiger partial charge in [-0.15, -0.1) is 0 Å². The average Bonchev–Trinajstić information content (AvgIpc) is 2.12. The topological polar surface area (TPSA) is 69.2 Å². The summed E-state index contributed by atoms with van der Waals surface area (Å²) < 4.78 is 32.3. The molecule has 1 rings (SSSR count). The SMILES string of the molecule is O=S(=O)([O-])NC1CCSC1.[Na+].